The summed E-state index contributed by atoms with van der Waals surface area (Å²) in [6, 6.07) is 19.2. The first-order valence-electron chi connectivity index (χ1n) is 11.6. The van der Waals surface area contributed by atoms with Gasteiger partial charge < -0.3 is 9.73 Å². The molecule has 0 aliphatic carbocycles. The Bertz CT molecular complexity index is 1420. The van der Waals surface area contributed by atoms with E-state index in [1.807, 2.05) is 63.2 Å². The van der Waals surface area contributed by atoms with Gasteiger partial charge in [0.1, 0.15) is 16.9 Å². The Balaban J connectivity index is 1.56. The molecule has 0 radical (unpaired) electrons. The molecule has 1 atom stereocenters. The number of fused-ring (bicyclic) bond motifs is 1. The quantitative estimate of drug-likeness (QED) is 0.456. The maximum absolute atomic E-state index is 13.9. The summed E-state index contributed by atoms with van der Waals surface area (Å²) in [4.78, 5) is 29.3. The molecule has 178 valence electrons. The third-order valence-electron chi connectivity index (χ3n) is 6.54. The van der Waals surface area contributed by atoms with Crippen molar-refractivity contribution in [2.24, 2.45) is 0 Å². The molecule has 1 N–H and O–H groups in total. The van der Waals surface area contributed by atoms with E-state index in [1.165, 1.54) is 0 Å². The maximum atomic E-state index is 13.9. The Morgan fingerprint density at radius 3 is 2.57 bits per heavy atom. The third kappa shape index (κ3) is 4.03. The zero-order chi connectivity index (χ0) is 24.7. The minimum atomic E-state index is -1.19. The van der Waals surface area contributed by atoms with E-state index in [2.05, 4.69) is 10.4 Å². The summed E-state index contributed by atoms with van der Waals surface area (Å²) in [6.45, 7) is 8.36. The van der Waals surface area contributed by atoms with Crippen LogP contribution in [-0.4, -0.2) is 27.1 Å². The summed E-state index contributed by atoms with van der Waals surface area (Å²) in [5.74, 6) is 0.0538. The Morgan fingerprint density at radius 2 is 1.86 bits per heavy atom. The fraction of sp³-hybridized carbons (Fsp3) is 0.250. The predicted molar refractivity (Wildman–Crippen MR) is 134 cm³/mol. The minimum absolute atomic E-state index is 0.210. The van der Waals surface area contributed by atoms with Crippen molar-refractivity contribution in [1.29, 1.82) is 0 Å². The monoisotopic (exact) mass is 468 g/mol. The van der Waals surface area contributed by atoms with Crippen LogP contribution in [0, 0.1) is 20.8 Å². The molecule has 1 aliphatic rings. The standard InChI is InChI=1S/C28H28N4O3/c1-18-7-5-8-21(14-18)16-29-27(34)28(4)17-31-24(15-22(30-31)25-9-6-12-35-25)26(33)32(28)23-11-10-19(2)13-20(23)3/h5-15H,16-17H2,1-4H3,(H,29,34). The predicted octanol–water partition coefficient (Wildman–Crippen LogP) is 4.80. The SMILES string of the molecule is Cc1cccc(CNC(=O)C2(C)Cn3nc(-c4ccco4)cc3C(=O)N2c2ccc(C)cc2C)c1. The van der Waals surface area contributed by atoms with Gasteiger partial charge in [-0.15, -0.1) is 0 Å². The van der Waals surface area contributed by atoms with Crippen molar-refractivity contribution in [2.75, 3.05) is 4.90 Å². The van der Waals surface area contributed by atoms with Gasteiger partial charge in [0.25, 0.3) is 5.91 Å². The molecule has 3 heterocycles. The second kappa shape index (κ2) is 8.58. The summed E-state index contributed by atoms with van der Waals surface area (Å²) in [7, 11) is 0. The Hall–Kier alpha value is -4.13. The first-order valence-corrected chi connectivity index (χ1v) is 11.6. The number of hydrogen-bond acceptors (Lipinski definition) is 4. The molecule has 1 unspecified atom stereocenters. The molecule has 0 fully saturated rings. The minimum Gasteiger partial charge on any atom is -0.463 e. The van der Waals surface area contributed by atoms with Gasteiger partial charge in [-0.1, -0.05) is 47.5 Å². The van der Waals surface area contributed by atoms with Crippen LogP contribution in [0.2, 0.25) is 0 Å². The molecule has 4 aromatic rings. The maximum Gasteiger partial charge on any atom is 0.277 e. The second-order valence-corrected chi connectivity index (χ2v) is 9.43. The van der Waals surface area contributed by atoms with Gasteiger partial charge in [-0.3, -0.25) is 19.2 Å². The number of aromatic nitrogens is 2. The summed E-state index contributed by atoms with van der Waals surface area (Å²) >= 11 is 0. The molecule has 2 aromatic carbocycles. The summed E-state index contributed by atoms with van der Waals surface area (Å²) in [6.07, 6.45) is 1.57. The van der Waals surface area contributed by atoms with Crippen LogP contribution in [0.1, 0.15) is 39.7 Å². The number of anilines is 1. The fourth-order valence-electron chi connectivity index (χ4n) is 4.75. The molecule has 0 bridgehead atoms. The van der Waals surface area contributed by atoms with Crippen molar-refractivity contribution >= 4 is 17.5 Å². The van der Waals surface area contributed by atoms with Crippen molar-refractivity contribution in [3.05, 3.63) is 94.9 Å². The van der Waals surface area contributed by atoms with E-state index in [-0.39, 0.29) is 18.4 Å². The van der Waals surface area contributed by atoms with E-state index < -0.39 is 5.54 Å². The van der Waals surface area contributed by atoms with E-state index in [9.17, 15) is 9.59 Å². The number of carbonyl (C=O) groups is 2. The van der Waals surface area contributed by atoms with Gasteiger partial charge in [0.2, 0.25) is 5.91 Å². The van der Waals surface area contributed by atoms with Crippen molar-refractivity contribution in [3.8, 4) is 11.5 Å². The van der Waals surface area contributed by atoms with Crippen LogP contribution in [0.5, 0.6) is 0 Å². The smallest absolute Gasteiger partial charge is 0.277 e. The molecule has 5 rings (SSSR count). The van der Waals surface area contributed by atoms with E-state index in [0.29, 0.717) is 29.4 Å². The highest BCUT2D eigenvalue weighted by Crippen LogP contribution is 2.36. The highest BCUT2D eigenvalue weighted by molar-refractivity contribution is 6.12. The van der Waals surface area contributed by atoms with Crippen LogP contribution in [0.4, 0.5) is 5.69 Å². The molecule has 35 heavy (non-hydrogen) atoms. The summed E-state index contributed by atoms with van der Waals surface area (Å²) in [5.41, 5.74) is 4.63. The lowest BCUT2D eigenvalue weighted by Gasteiger charge is -2.43. The lowest BCUT2D eigenvalue weighted by molar-refractivity contribution is -0.126. The number of hydrogen-bond donors (Lipinski definition) is 1. The van der Waals surface area contributed by atoms with Crippen LogP contribution < -0.4 is 10.2 Å². The first-order chi connectivity index (χ1) is 16.8. The normalized spacial score (nSPS) is 17.4. The van der Waals surface area contributed by atoms with E-state index in [0.717, 1.165) is 22.3 Å². The average Bonchev–Trinajstić information content (AvgIpc) is 3.49. The number of nitrogens with one attached hydrogen (secondary N) is 1. The molecule has 2 aromatic heterocycles. The number of aryl methyl sites for hydroxylation is 3. The van der Waals surface area contributed by atoms with Crippen molar-refractivity contribution < 1.29 is 14.0 Å². The Labute approximate surface area is 204 Å². The number of rotatable bonds is 5. The van der Waals surface area contributed by atoms with Gasteiger partial charge in [0.15, 0.2) is 5.76 Å². The fourth-order valence-corrected chi connectivity index (χ4v) is 4.75. The van der Waals surface area contributed by atoms with Crippen LogP contribution in [0.25, 0.3) is 11.5 Å². The lowest BCUT2D eigenvalue weighted by atomic mass is 9.92. The first kappa shape index (κ1) is 22.7. The molecule has 0 saturated heterocycles. The van der Waals surface area contributed by atoms with Crippen LogP contribution >= 0.6 is 0 Å². The van der Waals surface area contributed by atoms with E-state index in [1.54, 1.807) is 41.0 Å². The number of nitrogens with zero attached hydrogens (tertiary/aromatic N) is 3. The topological polar surface area (TPSA) is 80.4 Å². The molecule has 2 amide bonds. The van der Waals surface area contributed by atoms with Crippen molar-refractivity contribution in [1.82, 2.24) is 15.1 Å². The molecular formula is C28H28N4O3. The molecule has 7 heteroatoms. The lowest BCUT2D eigenvalue weighted by Crippen LogP contribution is -2.64. The largest absolute Gasteiger partial charge is 0.463 e. The van der Waals surface area contributed by atoms with Gasteiger partial charge in [0.05, 0.1) is 12.8 Å². The summed E-state index contributed by atoms with van der Waals surface area (Å²) < 4.78 is 7.11. The molecule has 0 spiro atoms. The zero-order valence-electron chi connectivity index (χ0n) is 20.3. The third-order valence-corrected chi connectivity index (χ3v) is 6.54. The highest BCUT2D eigenvalue weighted by atomic mass is 16.3. The van der Waals surface area contributed by atoms with Gasteiger partial charge in [-0.25, -0.2) is 0 Å². The number of carbonyl (C=O) groups excluding carboxylic acids is 2. The molecular weight excluding hydrogens is 440 g/mol. The van der Waals surface area contributed by atoms with Gasteiger partial charge in [-0.05, 0) is 57.0 Å². The van der Waals surface area contributed by atoms with Crippen molar-refractivity contribution in [3.63, 3.8) is 0 Å². The molecule has 7 nitrogen and oxygen atoms in total. The van der Waals surface area contributed by atoms with Crippen LogP contribution in [0.15, 0.2) is 71.3 Å². The Morgan fingerprint density at radius 1 is 1.06 bits per heavy atom. The Kier molecular flexibility index (Phi) is 5.55. The summed E-state index contributed by atoms with van der Waals surface area (Å²) in [5, 5.41) is 7.67. The van der Waals surface area contributed by atoms with Gasteiger partial charge in [0, 0.05) is 18.3 Å². The average molecular weight is 469 g/mol. The van der Waals surface area contributed by atoms with E-state index in [4.69, 9.17) is 4.42 Å². The second-order valence-electron chi connectivity index (χ2n) is 9.43. The molecule has 1 aliphatic heterocycles. The van der Waals surface area contributed by atoms with E-state index >= 15 is 0 Å². The van der Waals surface area contributed by atoms with Gasteiger partial charge in [-0.2, -0.15) is 5.10 Å². The van der Waals surface area contributed by atoms with Crippen molar-refractivity contribution in [2.45, 2.75) is 46.3 Å². The van der Waals surface area contributed by atoms with Crippen LogP contribution in [-0.2, 0) is 17.9 Å². The van der Waals surface area contributed by atoms with Gasteiger partial charge >= 0.3 is 0 Å². The van der Waals surface area contributed by atoms with Crippen LogP contribution in [0.3, 0.4) is 0 Å². The highest BCUT2D eigenvalue weighted by Gasteiger charge is 2.49. The zero-order valence-corrected chi connectivity index (χ0v) is 20.3. The number of furan rings is 1. The number of benzene rings is 2. The number of amides is 2. The molecule has 0 saturated carbocycles.